The van der Waals surface area contributed by atoms with Gasteiger partial charge in [0.2, 0.25) is 11.8 Å². The highest BCUT2D eigenvalue weighted by Crippen LogP contribution is 2.18. The van der Waals surface area contributed by atoms with Crippen molar-refractivity contribution in [1.82, 2.24) is 21.1 Å². The zero-order chi connectivity index (χ0) is 29.1. The van der Waals surface area contributed by atoms with E-state index in [4.69, 9.17) is 4.74 Å². The molecule has 39 heavy (non-hydrogen) atoms. The molecule has 0 aliphatic carbocycles. The van der Waals surface area contributed by atoms with Gasteiger partial charge in [0.05, 0.1) is 6.61 Å². The third kappa shape index (κ3) is 9.80. The van der Waals surface area contributed by atoms with Gasteiger partial charge in [0.15, 0.2) is 0 Å². The number of hydrazine groups is 1. The van der Waals surface area contributed by atoms with Crippen LogP contribution >= 0.6 is 0 Å². The first kappa shape index (κ1) is 32.0. The summed E-state index contributed by atoms with van der Waals surface area (Å²) in [5.41, 5.74) is 3.30. The molecule has 1 aliphatic heterocycles. The van der Waals surface area contributed by atoms with Crippen LogP contribution in [0, 0.1) is 17.7 Å². The van der Waals surface area contributed by atoms with E-state index in [0.29, 0.717) is 50.1 Å². The molecule has 11 heteroatoms. The fourth-order valence-corrected chi connectivity index (χ4v) is 4.34. The van der Waals surface area contributed by atoms with E-state index in [0.717, 1.165) is 12.8 Å². The molecule has 3 amide bonds. The van der Waals surface area contributed by atoms with E-state index in [1.54, 1.807) is 19.1 Å². The van der Waals surface area contributed by atoms with Crippen LogP contribution in [0.15, 0.2) is 18.2 Å². The number of aliphatic carboxylic acids is 1. The van der Waals surface area contributed by atoms with Crippen LogP contribution in [0.2, 0.25) is 0 Å². The predicted octanol–water partition coefficient (Wildman–Crippen LogP) is 2.80. The molecule has 4 N–H and O–H groups in total. The molecule has 4 unspecified atom stereocenters. The molecule has 2 rings (SSSR count). The molecule has 0 saturated carbocycles. The van der Waals surface area contributed by atoms with Gasteiger partial charge in [-0.05, 0) is 75.1 Å². The number of hydrogen-bond donors (Lipinski definition) is 4. The minimum atomic E-state index is -1.04. The molecule has 1 aromatic carbocycles. The molecule has 218 valence electrons. The second kappa shape index (κ2) is 15.4. The summed E-state index contributed by atoms with van der Waals surface area (Å²) in [6.07, 6.45) is 3.60. The first-order chi connectivity index (χ1) is 18.4. The Morgan fingerprint density at radius 1 is 1.13 bits per heavy atom. The Bertz CT molecular complexity index is 1000. The summed E-state index contributed by atoms with van der Waals surface area (Å²) >= 11 is 0. The number of ether oxygens (including phenoxy) is 1. The van der Waals surface area contributed by atoms with E-state index in [1.165, 1.54) is 18.0 Å². The highest BCUT2D eigenvalue weighted by Gasteiger charge is 2.32. The molecule has 4 atom stereocenters. The predicted molar refractivity (Wildman–Crippen MR) is 144 cm³/mol. The molecule has 0 spiro atoms. The standard InChI is InChI=1S/C28H43FN4O6/c1-6-20-16-21(12-13-22(20)29)39-15-8-7-10-18(4)25(34)31-24(17(2)3)26(35)30-19(5)27(36)33-14-9-11-23(32-33)28(37)38/h12-13,16-19,23-24,32H,6-11,14-15H2,1-5H3,(H,30,35)(H,31,34)(H,37,38). The fourth-order valence-electron chi connectivity index (χ4n) is 4.34. The maximum atomic E-state index is 13.6. The van der Waals surface area contributed by atoms with E-state index in [1.807, 2.05) is 20.8 Å². The van der Waals surface area contributed by atoms with Gasteiger partial charge >= 0.3 is 5.97 Å². The highest BCUT2D eigenvalue weighted by atomic mass is 19.1. The zero-order valence-electron chi connectivity index (χ0n) is 23.6. The Hall–Kier alpha value is -3.21. The second-order valence-electron chi connectivity index (χ2n) is 10.5. The normalized spacial score (nSPS) is 17.7. The largest absolute Gasteiger partial charge is 0.494 e. The Labute approximate surface area is 230 Å². The Morgan fingerprint density at radius 2 is 1.85 bits per heavy atom. The number of rotatable bonds is 14. The van der Waals surface area contributed by atoms with Gasteiger partial charge in [0, 0.05) is 12.5 Å². The van der Waals surface area contributed by atoms with Crippen LogP contribution in [0.4, 0.5) is 4.39 Å². The molecular formula is C28H43FN4O6. The Morgan fingerprint density at radius 3 is 2.49 bits per heavy atom. The average Bonchev–Trinajstić information content (AvgIpc) is 2.91. The summed E-state index contributed by atoms with van der Waals surface area (Å²) in [5, 5.41) is 15.9. The molecule has 10 nitrogen and oxygen atoms in total. The molecular weight excluding hydrogens is 507 g/mol. The Balaban J connectivity index is 1.79. The molecule has 1 saturated heterocycles. The Kier molecular flexibility index (Phi) is 12.6. The summed E-state index contributed by atoms with van der Waals surface area (Å²) in [6, 6.07) is 2.13. The van der Waals surface area contributed by atoms with E-state index in [9.17, 15) is 28.7 Å². The van der Waals surface area contributed by atoms with Crippen molar-refractivity contribution in [3.63, 3.8) is 0 Å². The third-order valence-electron chi connectivity index (χ3n) is 6.87. The summed E-state index contributed by atoms with van der Waals surface area (Å²) in [4.78, 5) is 49.8. The lowest BCUT2D eigenvalue weighted by Crippen LogP contribution is -2.60. The van der Waals surface area contributed by atoms with Crippen molar-refractivity contribution >= 4 is 23.7 Å². The van der Waals surface area contributed by atoms with Crippen LogP contribution in [-0.4, -0.2) is 65.1 Å². The van der Waals surface area contributed by atoms with Gasteiger partial charge in [0.1, 0.15) is 29.7 Å². The van der Waals surface area contributed by atoms with E-state index in [2.05, 4.69) is 16.1 Å². The lowest BCUT2D eigenvalue weighted by molar-refractivity contribution is -0.148. The molecule has 0 aromatic heterocycles. The van der Waals surface area contributed by atoms with Crippen molar-refractivity contribution in [1.29, 1.82) is 0 Å². The zero-order valence-corrected chi connectivity index (χ0v) is 23.6. The van der Waals surface area contributed by atoms with Crippen molar-refractivity contribution in [3.05, 3.63) is 29.6 Å². The second-order valence-corrected chi connectivity index (χ2v) is 10.5. The molecule has 1 aromatic rings. The maximum absolute atomic E-state index is 13.6. The van der Waals surface area contributed by atoms with Gasteiger partial charge in [-0.15, -0.1) is 0 Å². The van der Waals surface area contributed by atoms with Gasteiger partial charge in [-0.1, -0.05) is 27.7 Å². The smallest absolute Gasteiger partial charge is 0.322 e. The summed E-state index contributed by atoms with van der Waals surface area (Å²) < 4.78 is 19.3. The van der Waals surface area contributed by atoms with Gasteiger partial charge < -0.3 is 20.5 Å². The third-order valence-corrected chi connectivity index (χ3v) is 6.87. The number of unbranched alkanes of at least 4 members (excludes halogenated alkanes) is 1. The van der Waals surface area contributed by atoms with E-state index >= 15 is 0 Å². The van der Waals surface area contributed by atoms with Crippen molar-refractivity contribution < 1.29 is 33.4 Å². The summed E-state index contributed by atoms with van der Waals surface area (Å²) in [5.74, 6) is -2.38. The maximum Gasteiger partial charge on any atom is 0.322 e. The number of hydrogen-bond acceptors (Lipinski definition) is 6. The monoisotopic (exact) mass is 550 g/mol. The van der Waals surface area contributed by atoms with Gasteiger partial charge in [-0.2, -0.15) is 0 Å². The minimum Gasteiger partial charge on any atom is -0.494 e. The molecule has 0 bridgehead atoms. The van der Waals surface area contributed by atoms with Crippen LogP contribution in [0.1, 0.15) is 72.3 Å². The lowest BCUT2D eigenvalue weighted by atomic mass is 9.99. The molecule has 1 heterocycles. The number of benzene rings is 1. The van der Waals surface area contributed by atoms with Crippen molar-refractivity contribution in [2.45, 2.75) is 91.3 Å². The number of carbonyl (C=O) groups is 4. The lowest BCUT2D eigenvalue weighted by Gasteiger charge is -2.34. The number of nitrogens with one attached hydrogen (secondary N) is 3. The van der Waals surface area contributed by atoms with Crippen LogP contribution in [0.3, 0.4) is 0 Å². The van der Waals surface area contributed by atoms with Crippen LogP contribution in [0.25, 0.3) is 0 Å². The fraction of sp³-hybridized carbons (Fsp3) is 0.643. The topological polar surface area (TPSA) is 137 Å². The van der Waals surface area contributed by atoms with E-state index in [-0.39, 0.29) is 23.6 Å². The van der Waals surface area contributed by atoms with Gasteiger partial charge in [-0.25, -0.2) is 9.82 Å². The van der Waals surface area contributed by atoms with Crippen LogP contribution < -0.4 is 20.8 Å². The van der Waals surface area contributed by atoms with Crippen LogP contribution in [-0.2, 0) is 25.6 Å². The highest BCUT2D eigenvalue weighted by molar-refractivity contribution is 5.92. The van der Waals surface area contributed by atoms with Gasteiger partial charge in [-0.3, -0.25) is 24.2 Å². The quantitative estimate of drug-likeness (QED) is 0.262. The number of carboxylic acid groups (broad SMARTS) is 1. The van der Waals surface area contributed by atoms with E-state index < -0.39 is 35.9 Å². The SMILES string of the molecule is CCc1cc(OCCCCC(C)C(=O)NC(C(=O)NC(C)C(=O)N2CCCC(C(=O)O)N2)C(C)C)ccc1F. The van der Waals surface area contributed by atoms with Crippen molar-refractivity contribution in [2.75, 3.05) is 13.2 Å². The number of carbonyl (C=O) groups excluding carboxylic acids is 3. The van der Waals surface area contributed by atoms with Crippen molar-refractivity contribution in [3.8, 4) is 5.75 Å². The number of carboxylic acids is 1. The summed E-state index contributed by atoms with van der Waals surface area (Å²) in [7, 11) is 0. The minimum absolute atomic E-state index is 0.218. The van der Waals surface area contributed by atoms with Gasteiger partial charge in [0.25, 0.3) is 5.91 Å². The summed E-state index contributed by atoms with van der Waals surface area (Å²) in [6.45, 7) is 9.62. The average molecular weight is 551 g/mol. The molecule has 1 fully saturated rings. The number of nitrogens with zero attached hydrogens (tertiary/aromatic N) is 1. The number of aryl methyl sites for hydroxylation is 1. The van der Waals surface area contributed by atoms with Crippen molar-refractivity contribution in [2.24, 2.45) is 11.8 Å². The van der Waals surface area contributed by atoms with Crippen LogP contribution in [0.5, 0.6) is 5.75 Å². The molecule has 0 radical (unpaired) electrons. The first-order valence-electron chi connectivity index (χ1n) is 13.8. The first-order valence-corrected chi connectivity index (χ1v) is 13.8. The molecule has 1 aliphatic rings. The number of halogens is 1. The number of amides is 3.